The van der Waals surface area contributed by atoms with Crippen LogP contribution in [-0.2, 0) is 6.54 Å². The number of likely N-dealkylation sites (N-methyl/N-ethyl adjacent to an activating group) is 1. The molecule has 1 aliphatic heterocycles. The summed E-state index contributed by atoms with van der Waals surface area (Å²) in [6.07, 6.45) is 1.47. The second kappa shape index (κ2) is 7.75. The second-order valence-electron chi connectivity index (χ2n) is 6.10. The number of anilines is 1. The van der Waals surface area contributed by atoms with E-state index in [4.69, 9.17) is 11.6 Å². The molecule has 0 atom stereocenters. The van der Waals surface area contributed by atoms with Gasteiger partial charge in [-0.25, -0.2) is 4.98 Å². The molecule has 0 radical (unpaired) electrons. The molecule has 0 aliphatic carbocycles. The summed E-state index contributed by atoms with van der Waals surface area (Å²) in [7, 11) is 2.16. The number of aromatic nitrogens is 1. The van der Waals surface area contributed by atoms with E-state index in [1.807, 2.05) is 12.1 Å². The summed E-state index contributed by atoms with van der Waals surface area (Å²) in [5.41, 5.74) is 2.52. The van der Waals surface area contributed by atoms with Crippen molar-refractivity contribution >= 4 is 23.2 Å². The van der Waals surface area contributed by atoms with Gasteiger partial charge in [0.25, 0.3) is 5.91 Å². The van der Waals surface area contributed by atoms with Crippen LogP contribution in [-0.4, -0.2) is 53.9 Å². The molecule has 3 rings (SSSR count). The maximum absolute atomic E-state index is 12.2. The molecule has 0 unspecified atom stereocenters. The van der Waals surface area contributed by atoms with Crippen molar-refractivity contribution in [1.82, 2.24) is 14.8 Å². The molecule has 1 N–H and O–H groups in total. The summed E-state index contributed by atoms with van der Waals surface area (Å²) in [6, 6.07) is 11.3. The van der Waals surface area contributed by atoms with E-state index in [1.165, 1.54) is 11.8 Å². The van der Waals surface area contributed by atoms with Crippen molar-refractivity contribution in [3.63, 3.8) is 0 Å². The fraction of sp³-hybridized carbons (Fsp3) is 0.333. The van der Waals surface area contributed by atoms with E-state index in [-0.39, 0.29) is 5.91 Å². The molecule has 5 nitrogen and oxygen atoms in total. The average Bonchev–Trinajstić information content (AvgIpc) is 2.59. The average molecular weight is 345 g/mol. The highest BCUT2D eigenvalue weighted by molar-refractivity contribution is 6.29. The minimum Gasteiger partial charge on any atom is -0.322 e. The maximum atomic E-state index is 12.2. The predicted molar refractivity (Wildman–Crippen MR) is 96.4 cm³/mol. The molecule has 1 fully saturated rings. The van der Waals surface area contributed by atoms with Crippen molar-refractivity contribution in [2.75, 3.05) is 38.5 Å². The van der Waals surface area contributed by atoms with Gasteiger partial charge in [-0.1, -0.05) is 23.7 Å². The van der Waals surface area contributed by atoms with Gasteiger partial charge in [-0.15, -0.1) is 0 Å². The number of rotatable bonds is 4. The first-order chi connectivity index (χ1) is 11.6. The molecule has 126 valence electrons. The summed E-state index contributed by atoms with van der Waals surface area (Å²) in [4.78, 5) is 20.9. The van der Waals surface area contributed by atoms with Crippen molar-refractivity contribution in [2.45, 2.75) is 6.54 Å². The topological polar surface area (TPSA) is 48.5 Å². The Balaban J connectivity index is 1.56. The number of benzene rings is 1. The Bertz CT molecular complexity index is 679. The number of amides is 1. The molecule has 2 heterocycles. The number of halogens is 1. The Labute approximate surface area is 147 Å². The van der Waals surface area contributed by atoms with Gasteiger partial charge in [0.1, 0.15) is 5.15 Å². The van der Waals surface area contributed by atoms with Gasteiger partial charge in [0.05, 0.1) is 5.56 Å². The number of pyridine rings is 1. The lowest BCUT2D eigenvalue weighted by Crippen LogP contribution is -2.43. The third-order valence-corrected chi connectivity index (χ3v) is 4.43. The molecule has 2 aromatic rings. The van der Waals surface area contributed by atoms with Gasteiger partial charge in [0.2, 0.25) is 0 Å². The number of hydrogen-bond donors (Lipinski definition) is 1. The summed E-state index contributed by atoms with van der Waals surface area (Å²) >= 11 is 5.73. The zero-order valence-electron chi connectivity index (χ0n) is 13.7. The standard InChI is InChI=1S/C18H21ClN4O/c1-22-8-10-23(11-9-22)13-14-2-5-16(6-3-14)21-18(24)15-4-7-17(19)20-12-15/h2-7,12H,8-11,13H2,1H3,(H,21,24). The third-order valence-electron chi connectivity index (χ3n) is 4.20. The van der Waals surface area contributed by atoms with Gasteiger partial charge in [-0.2, -0.15) is 0 Å². The minimum absolute atomic E-state index is 0.189. The van der Waals surface area contributed by atoms with Crippen molar-refractivity contribution in [3.8, 4) is 0 Å². The number of nitrogens with one attached hydrogen (secondary N) is 1. The second-order valence-corrected chi connectivity index (χ2v) is 6.49. The fourth-order valence-corrected chi connectivity index (χ4v) is 2.78. The molecular weight excluding hydrogens is 324 g/mol. The number of nitrogens with zero attached hydrogens (tertiary/aromatic N) is 3. The summed E-state index contributed by atoms with van der Waals surface area (Å²) in [5.74, 6) is -0.189. The molecule has 1 aromatic heterocycles. The van der Waals surface area contributed by atoms with Crippen LogP contribution in [0.15, 0.2) is 42.6 Å². The lowest BCUT2D eigenvalue weighted by atomic mass is 10.1. The van der Waals surface area contributed by atoms with Crippen molar-refractivity contribution < 1.29 is 4.79 Å². The van der Waals surface area contributed by atoms with E-state index in [0.717, 1.165) is 38.4 Å². The zero-order valence-corrected chi connectivity index (χ0v) is 14.5. The van der Waals surface area contributed by atoms with Gasteiger partial charge in [-0.3, -0.25) is 9.69 Å². The van der Waals surface area contributed by atoms with Crippen LogP contribution in [0, 0.1) is 0 Å². The van der Waals surface area contributed by atoms with Gasteiger partial charge in [0, 0.05) is 44.6 Å². The lowest BCUT2D eigenvalue weighted by molar-refractivity contribution is 0.102. The number of piperazine rings is 1. The van der Waals surface area contributed by atoms with Crippen LogP contribution in [0.2, 0.25) is 5.15 Å². The smallest absolute Gasteiger partial charge is 0.257 e. The van der Waals surface area contributed by atoms with E-state index < -0.39 is 0 Å². The van der Waals surface area contributed by atoms with Crippen LogP contribution >= 0.6 is 11.6 Å². The van der Waals surface area contributed by atoms with E-state index in [1.54, 1.807) is 12.1 Å². The Kier molecular flexibility index (Phi) is 5.45. The molecule has 24 heavy (non-hydrogen) atoms. The van der Waals surface area contributed by atoms with Crippen LogP contribution in [0.25, 0.3) is 0 Å². The predicted octanol–water partition coefficient (Wildman–Crippen LogP) is 2.73. The van der Waals surface area contributed by atoms with E-state index in [9.17, 15) is 4.79 Å². The zero-order chi connectivity index (χ0) is 16.9. The summed E-state index contributed by atoms with van der Waals surface area (Å²) in [6.45, 7) is 5.37. The highest BCUT2D eigenvalue weighted by Crippen LogP contribution is 2.14. The summed E-state index contributed by atoms with van der Waals surface area (Å²) in [5, 5.41) is 3.25. The quantitative estimate of drug-likeness (QED) is 0.866. The molecule has 1 amide bonds. The maximum Gasteiger partial charge on any atom is 0.257 e. The number of hydrogen-bond acceptors (Lipinski definition) is 4. The SMILES string of the molecule is CN1CCN(Cc2ccc(NC(=O)c3ccc(Cl)nc3)cc2)CC1. The van der Waals surface area contributed by atoms with Crippen LogP contribution in [0.5, 0.6) is 0 Å². The van der Waals surface area contributed by atoms with Crippen LogP contribution in [0.1, 0.15) is 15.9 Å². The Hall–Kier alpha value is -1.95. The van der Waals surface area contributed by atoms with Crippen LogP contribution in [0.3, 0.4) is 0 Å². The molecule has 1 aromatic carbocycles. The van der Waals surface area contributed by atoms with Crippen molar-refractivity contribution in [1.29, 1.82) is 0 Å². The number of carbonyl (C=O) groups is 1. The van der Waals surface area contributed by atoms with Crippen LogP contribution in [0.4, 0.5) is 5.69 Å². The first-order valence-electron chi connectivity index (χ1n) is 8.03. The van der Waals surface area contributed by atoms with Crippen molar-refractivity contribution in [3.05, 3.63) is 58.9 Å². The largest absolute Gasteiger partial charge is 0.322 e. The van der Waals surface area contributed by atoms with E-state index in [0.29, 0.717) is 10.7 Å². The highest BCUT2D eigenvalue weighted by atomic mass is 35.5. The highest BCUT2D eigenvalue weighted by Gasteiger charge is 2.13. The van der Waals surface area contributed by atoms with Crippen LogP contribution < -0.4 is 5.32 Å². The first-order valence-corrected chi connectivity index (χ1v) is 8.41. The van der Waals surface area contributed by atoms with Crippen molar-refractivity contribution in [2.24, 2.45) is 0 Å². The third kappa shape index (κ3) is 4.54. The molecular formula is C18H21ClN4O. The van der Waals surface area contributed by atoms with Gasteiger partial charge >= 0.3 is 0 Å². The Morgan fingerprint density at radius 3 is 2.46 bits per heavy atom. The van der Waals surface area contributed by atoms with E-state index in [2.05, 4.69) is 39.3 Å². The minimum atomic E-state index is -0.189. The molecule has 0 saturated carbocycles. The molecule has 1 aliphatic rings. The van der Waals surface area contributed by atoms with E-state index >= 15 is 0 Å². The molecule has 6 heteroatoms. The monoisotopic (exact) mass is 344 g/mol. The summed E-state index contributed by atoms with van der Waals surface area (Å²) < 4.78 is 0. The molecule has 0 bridgehead atoms. The molecule has 1 saturated heterocycles. The van der Waals surface area contributed by atoms with Gasteiger partial charge in [-0.05, 0) is 36.9 Å². The Morgan fingerprint density at radius 2 is 1.83 bits per heavy atom. The van der Waals surface area contributed by atoms with Gasteiger partial charge in [0.15, 0.2) is 0 Å². The molecule has 0 spiro atoms. The normalized spacial score (nSPS) is 16.1. The Morgan fingerprint density at radius 1 is 1.12 bits per heavy atom. The lowest BCUT2D eigenvalue weighted by Gasteiger charge is -2.32. The van der Waals surface area contributed by atoms with Gasteiger partial charge < -0.3 is 10.2 Å². The first kappa shape index (κ1) is 16.9. The number of carbonyl (C=O) groups excluding carboxylic acids is 1. The fourth-order valence-electron chi connectivity index (χ4n) is 2.67.